The van der Waals surface area contributed by atoms with Gasteiger partial charge >= 0.3 is 0 Å². The fourth-order valence-electron chi connectivity index (χ4n) is 4.50. The van der Waals surface area contributed by atoms with E-state index in [4.69, 9.17) is 0 Å². The van der Waals surface area contributed by atoms with Gasteiger partial charge in [-0.3, -0.25) is 0 Å². The summed E-state index contributed by atoms with van der Waals surface area (Å²) in [7, 11) is 0. The fourth-order valence-corrected chi connectivity index (χ4v) is 5.61. The summed E-state index contributed by atoms with van der Waals surface area (Å²) < 4.78 is 0. The highest BCUT2D eigenvalue weighted by atomic mass is 32.2. The largest absolute Gasteiger partial charge is 0.152 e. The van der Waals surface area contributed by atoms with E-state index in [9.17, 15) is 0 Å². The van der Waals surface area contributed by atoms with E-state index in [2.05, 4.69) is 98.4 Å². The maximum absolute atomic E-state index is 2.52. The Labute approximate surface area is 221 Å². The van der Waals surface area contributed by atoms with E-state index in [1.807, 2.05) is 0 Å². The lowest BCUT2D eigenvalue weighted by atomic mass is 10.0. The molecule has 0 aliphatic carbocycles. The summed E-state index contributed by atoms with van der Waals surface area (Å²) >= 11 is 2.07. The molecular formula is C34H50S. The summed E-state index contributed by atoms with van der Waals surface area (Å²) in [4.78, 5) is 0. The Balaban J connectivity index is 1.91. The molecule has 0 saturated heterocycles. The quantitative estimate of drug-likeness (QED) is 0.166. The summed E-state index contributed by atoms with van der Waals surface area (Å²) in [5, 5.41) is 0. The van der Waals surface area contributed by atoms with Crippen LogP contribution in [0.2, 0.25) is 0 Å². The molecule has 0 heterocycles. The number of allylic oxidation sites excluding steroid dienone is 2. The molecule has 0 N–H and O–H groups in total. The monoisotopic (exact) mass is 490 g/mol. The van der Waals surface area contributed by atoms with Crippen LogP contribution in [0.5, 0.6) is 0 Å². The molecule has 0 unspecified atom stereocenters. The summed E-state index contributed by atoms with van der Waals surface area (Å²) in [6.07, 6.45) is 23.8. The molecule has 0 bridgehead atoms. The second-order valence-electron chi connectivity index (χ2n) is 9.80. The fraction of sp³-hybridized carbons (Fsp3) is 0.529. The molecule has 1 heteroatoms. The molecule has 0 aliphatic heterocycles. The van der Waals surface area contributed by atoms with Crippen molar-refractivity contribution in [3.63, 3.8) is 0 Å². The first kappa shape index (κ1) is 29.5. The van der Waals surface area contributed by atoms with Gasteiger partial charge in [-0.2, -0.15) is 11.8 Å². The molecule has 0 radical (unpaired) electrons. The van der Waals surface area contributed by atoms with E-state index in [1.165, 1.54) is 112 Å². The third kappa shape index (κ3) is 13.8. The van der Waals surface area contributed by atoms with Gasteiger partial charge in [0.25, 0.3) is 0 Å². The van der Waals surface area contributed by atoms with Crippen molar-refractivity contribution in [3.8, 4) is 0 Å². The van der Waals surface area contributed by atoms with Crippen LogP contribution in [-0.2, 0) is 0 Å². The number of unbranched alkanes of at least 4 members (excludes halogenated alkanes) is 12. The summed E-state index contributed by atoms with van der Waals surface area (Å²) in [5.41, 5.74) is 5.80. The van der Waals surface area contributed by atoms with Gasteiger partial charge in [-0.25, -0.2) is 0 Å². The molecule has 0 amide bonds. The zero-order valence-electron chi connectivity index (χ0n) is 22.7. The van der Waals surface area contributed by atoms with Crippen molar-refractivity contribution in [2.24, 2.45) is 0 Å². The van der Waals surface area contributed by atoms with Crippen molar-refractivity contribution in [2.45, 2.75) is 104 Å². The van der Waals surface area contributed by atoms with E-state index in [0.717, 1.165) is 11.5 Å². The van der Waals surface area contributed by atoms with Gasteiger partial charge in [0, 0.05) is 11.5 Å². The Morgan fingerprint density at radius 1 is 0.514 bits per heavy atom. The highest BCUT2D eigenvalue weighted by molar-refractivity contribution is 8.00. The molecule has 35 heavy (non-hydrogen) atoms. The van der Waals surface area contributed by atoms with Crippen LogP contribution in [0.25, 0.3) is 11.1 Å². The van der Waals surface area contributed by atoms with Crippen LogP contribution in [0.4, 0.5) is 0 Å². The first-order chi connectivity index (χ1) is 17.3. The van der Waals surface area contributed by atoms with Crippen LogP contribution in [0, 0.1) is 0 Å². The third-order valence-electron chi connectivity index (χ3n) is 6.70. The Kier molecular flexibility index (Phi) is 17.2. The maximum Gasteiger partial charge on any atom is 0.0190 e. The predicted molar refractivity (Wildman–Crippen MR) is 162 cm³/mol. The molecule has 0 fully saturated rings. The Morgan fingerprint density at radius 2 is 0.886 bits per heavy atom. The topological polar surface area (TPSA) is 0 Å². The van der Waals surface area contributed by atoms with Crippen LogP contribution in [0.15, 0.2) is 72.8 Å². The van der Waals surface area contributed by atoms with E-state index in [-0.39, 0.29) is 0 Å². The molecule has 0 saturated carbocycles. The number of benzene rings is 2. The Hall–Kier alpha value is -1.73. The van der Waals surface area contributed by atoms with Crippen molar-refractivity contribution in [1.29, 1.82) is 0 Å². The first-order valence-electron chi connectivity index (χ1n) is 14.4. The van der Waals surface area contributed by atoms with Crippen LogP contribution >= 0.6 is 11.8 Å². The predicted octanol–water partition coefficient (Wildman–Crippen LogP) is 11.4. The molecule has 0 aromatic heterocycles. The van der Waals surface area contributed by atoms with E-state index in [0.29, 0.717) is 0 Å². The second kappa shape index (κ2) is 20.5. The molecule has 2 aromatic rings. The SMILES string of the molecule is CCCCCCCCC=C(CSCC(=CCCCCCCCC)c1ccccc1)c1ccccc1. The minimum atomic E-state index is 1.08. The van der Waals surface area contributed by atoms with E-state index < -0.39 is 0 Å². The standard InChI is InChI=1S/C34H50S/c1-3-5-7-9-11-13-17-27-33(31-23-19-15-20-24-31)29-35-30-34(32-25-21-16-22-26-32)28-18-14-12-10-8-6-4-2/h15-16,19-28H,3-14,17-18,29-30H2,1-2H3. The molecular weight excluding hydrogens is 440 g/mol. The lowest BCUT2D eigenvalue weighted by molar-refractivity contribution is 0.611. The Morgan fingerprint density at radius 3 is 1.29 bits per heavy atom. The minimum absolute atomic E-state index is 1.08. The summed E-state index contributed by atoms with van der Waals surface area (Å²) in [6, 6.07) is 22.1. The lowest BCUT2D eigenvalue weighted by Gasteiger charge is -2.12. The van der Waals surface area contributed by atoms with Gasteiger partial charge in [0.15, 0.2) is 0 Å². The van der Waals surface area contributed by atoms with Gasteiger partial charge in [-0.05, 0) is 48.0 Å². The number of rotatable bonds is 20. The highest BCUT2D eigenvalue weighted by Gasteiger charge is 2.06. The van der Waals surface area contributed by atoms with Gasteiger partial charge in [-0.15, -0.1) is 0 Å². The number of thioether (sulfide) groups is 1. The van der Waals surface area contributed by atoms with Gasteiger partial charge < -0.3 is 0 Å². The average molecular weight is 491 g/mol. The molecule has 0 nitrogen and oxygen atoms in total. The van der Waals surface area contributed by atoms with E-state index >= 15 is 0 Å². The minimum Gasteiger partial charge on any atom is -0.152 e. The molecule has 0 spiro atoms. The third-order valence-corrected chi connectivity index (χ3v) is 7.73. The van der Waals surface area contributed by atoms with Crippen LogP contribution in [-0.4, -0.2) is 11.5 Å². The van der Waals surface area contributed by atoms with Crippen LogP contribution in [0.3, 0.4) is 0 Å². The van der Waals surface area contributed by atoms with Gasteiger partial charge in [0.05, 0.1) is 0 Å². The van der Waals surface area contributed by atoms with Crippen molar-refractivity contribution in [3.05, 3.63) is 83.9 Å². The summed E-state index contributed by atoms with van der Waals surface area (Å²) in [5.74, 6) is 2.17. The number of hydrogen-bond donors (Lipinski definition) is 0. The molecule has 2 aromatic carbocycles. The van der Waals surface area contributed by atoms with Gasteiger partial charge in [-0.1, -0.05) is 151 Å². The molecule has 0 aliphatic rings. The smallest absolute Gasteiger partial charge is 0.0190 e. The summed E-state index contributed by atoms with van der Waals surface area (Å²) in [6.45, 7) is 4.58. The lowest BCUT2D eigenvalue weighted by Crippen LogP contribution is -1.94. The second-order valence-corrected chi connectivity index (χ2v) is 10.8. The van der Waals surface area contributed by atoms with Crippen LogP contribution < -0.4 is 0 Å². The zero-order chi connectivity index (χ0) is 24.8. The maximum atomic E-state index is 2.52. The van der Waals surface area contributed by atoms with Crippen molar-refractivity contribution < 1.29 is 0 Å². The van der Waals surface area contributed by atoms with Gasteiger partial charge in [0.1, 0.15) is 0 Å². The van der Waals surface area contributed by atoms with Crippen molar-refractivity contribution in [1.82, 2.24) is 0 Å². The molecule has 2 rings (SSSR count). The van der Waals surface area contributed by atoms with Crippen molar-refractivity contribution in [2.75, 3.05) is 11.5 Å². The Bertz CT molecular complexity index is 733. The van der Waals surface area contributed by atoms with Crippen molar-refractivity contribution >= 4 is 22.9 Å². The average Bonchev–Trinajstić information content (AvgIpc) is 2.91. The highest BCUT2D eigenvalue weighted by Crippen LogP contribution is 2.26. The molecule has 0 atom stereocenters. The van der Waals surface area contributed by atoms with Crippen LogP contribution in [0.1, 0.15) is 115 Å². The first-order valence-corrected chi connectivity index (χ1v) is 15.6. The normalized spacial score (nSPS) is 12.3. The number of hydrogen-bond acceptors (Lipinski definition) is 1. The van der Waals surface area contributed by atoms with Gasteiger partial charge in [0.2, 0.25) is 0 Å². The molecule has 192 valence electrons. The van der Waals surface area contributed by atoms with E-state index in [1.54, 1.807) is 0 Å². The zero-order valence-corrected chi connectivity index (χ0v) is 23.5.